The van der Waals surface area contributed by atoms with Crippen molar-refractivity contribution >= 4 is 29.1 Å². The molecule has 0 bridgehead atoms. The molecule has 6 rings (SSSR count). The van der Waals surface area contributed by atoms with Gasteiger partial charge in [0.05, 0.1) is 47.0 Å². The van der Waals surface area contributed by atoms with Crippen LogP contribution in [0.2, 0.25) is 0 Å². The number of carbonyl (C=O) groups excluding carboxylic acids is 3. The number of methoxy groups -OCH3 is 1. The lowest BCUT2D eigenvalue weighted by Gasteiger charge is -2.37. The van der Waals surface area contributed by atoms with Crippen LogP contribution in [0.4, 0.5) is 10.5 Å². The fourth-order valence-corrected chi connectivity index (χ4v) is 6.00. The van der Waals surface area contributed by atoms with E-state index in [9.17, 15) is 19.6 Å². The van der Waals surface area contributed by atoms with E-state index in [1.807, 2.05) is 18.2 Å². The highest BCUT2D eigenvalue weighted by atomic mass is 16.5. The molecule has 0 atom stereocenters. The van der Waals surface area contributed by atoms with Crippen LogP contribution in [0.15, 0.2) is 36.7 Å². The third kappa shape index (κ3) is 6.56. The molecule has 0 unspecified atom stereocenters. The maximum atomic E-state index is 13.6. The smallest absolute Gasteiger partial charge is 0.406 e. The molecule has 3 fully saturated rings. The SMILES string of the molecule is COC(=O)NC[C@H]1C[C@H](Nc2cc(-c3ccc4cc(C#N)cnn34)ncc2C(=O)N[C@H]2CC[C@H](NC(=O)C3CC3)CC2)C1. The summed E-state index contributed by atoms with van der Waals surface area (Å²) < 4.78 is 6.39. The maximum absolute atomic E-state index is 13.6. The number of hydrogen-bond donors (Lipinski definition) is 4. The molecular formula is C31H36N8O4. The lowest BCUT2D eigenvalue weighted by atomic mass is 9.80. The van der Waals surface area contributed by atoms with E-state index >= 15 is 0 Å². The molecule has 3 aliphatic rings. The van der Waals surface area contributed by atoms with Gasteiger partial charge >= 0.3 is 6.09 Å². The second-order valence-corrected chi connectivity index (χ2v) is 11.9. The lowest BCUT2D eigenvalue weighted by molar-refractivity contribution is -0.123. The van der Waals surface area contributed by atoms with Crippen LogP contribution in [0, 0.1) is 23.2 Å². The average Bonchev–Trinajstić information content (AvgIpc) is 3.78. The number of amides is 3. The van der Waals surface area contributed by atoms with Gasteiger partial charge in [0.15, 0.2) is 0 Å². The first-order chi connectivity index (χ1) is 20.9. The summed E-state index contributed by atoms with van der Waals surface area (Å²) >= 11 is 0. The van der Waals surface area contributed by atoms with Crippen LogP contribution in [0.3, 0.4) is 0 Å². The highest BCUT2D eigenvalue weighted by Crippen LogP contribution is 2.33. The molecule has 12 heteroatoms. The molecule has 3 heterocycles. The molecule has 4 N–H and O–H groups in total. The van der Waals surface area contributed by atoms with Crippen molar-refractivity contribution in [2.75, 3.05) is 19.0 Å². The molecule has 0 radical (unpaired) electrons. The molecule has 3 amide bonds. The topological polar surface area (TPSA) is 163 Å². The Morgan fingerprint density at radius 3 is 2.44 bits per heavy atom. The summed E-state index contributed by atoms with van der Waals surface area (Å²) in [7, 11) is 1.35. The molecule has 0 aliphatic heterocycles. The second kappa shape index (κ2) is 12.3. The Morgan fingerprint density at radius 2 is 1.74 bits per heavy atom. The van der Waals surface area contributed by atoms with Crippen molar-refractivity contribution in [1.82, 2.24) is 30.5 Å². The minimum absolute atomic E-state index is 0.0275. The number of pyridine rings is 1. The Morgan fingerprint density at radius 1 is 1.00 bits per heavy atom. The number of rotatable bonds is 9. The largest absolute Gasteiger partial charge is 0.453 e. The number of nitrogens with one attached hydrogen (secondary N) is 4. The number of nitrogens with zero attached hydrogens (tertiary/aromatic N) is 4. The van der Waals surface area contributed by atoms with Crippen LogP contribution in [0.25, 0.3) is 16.9 Å². The molecule has 3 aromatic heterocycles. The fraction of sp³-hybridized carbons (Fsp3) is 0.484. The molecule has 3 aliphatic carbocycles. The number of anilines is 1. The standard InChI is InChI=1S/C31H36N8O4/c1-43-31(42)34-15-18-10-23(11-18)36-26-13-27(28-9-8-24-12-19(14-32)16-35-39(24)28)33-17-25(26)30(41)38-22-6-4-21(5-7-22)37-29(40)20-2-3-20/h8-9,12-13,16-18,20-23H,2-7,10-11,15H2,1H3,(H,33,36)(H,34,42)(H,37,40)(H,38,41)/t18-,21-,22-,23-. The van der Waals surface area contributed by atoms with E-state index in [4.69, 9.17) is 0 Å². The summed E-state index contributed by atoms with van der Waals surface area (Å²) in [6, 6.07) is 9.87. The number of aromatic nitrogens is 3. The summed E-state index contributed by atoms with van der Waals surface area (Å²) in [5.74, 6) is 0.500. The van der Waals surface area contributed by atoms with Gasteiger partial charge in [-0.15, -0.1) is 0 Å². The van der Waals surface area contributed by atoms with Gasteiger partial charge in [-0.1, -0.05) is 0 Å². The van der Waals surface area contributed by atoms with Gasteiger partial charge in [-0.05, 0) is 81.5 Å². The summed E-state index contributed by atoms with van der Waals surface area (Å²) in [5.41, 5.74) is 3.78. The first kappa shape index (κ1) is 28.5. The van der Waals surface area contributed by atoms with E-state index in [-0.39, 0.29) is 35.9 Å². The monoisotopic (exact) mass is 584 g/mol. The minimum Gasteiger partial charge on any atom is -0.453 e. The van der Waals surface area contributed by atoms with Crippen LogP contribution in [0.1, 0.15) is 67.3 Å². The third-order valence-electron chi connectivity index (χ3n) is 8.71. The van der Waals surface area contributed by atoms with Crippen molar-refractivity contribution in [1.29, 1.82) is 5.26 Å². The predicted molar refractivity (Wildman–Crippen MR) is 158 cm³/mol. The Bertz CT molecular complexity index is 1560. The highest BCUT2D eigenvalue weighted by molar-refractivity contribution is 6.00. The zero-order valence-corrected chi connectivity index (χ0v) is 24.1. The Balaban J connectivity index is 1.16. The fourth-order valence-electron chi connectivity index (χ4n) is 6.00. The molecule has 12 nitrogen and oxygen atoms in total. The normalized spacial score (nSPS) is 23.0. The van der Waals surface area contributed by atoms with Gasteiger partial charge in [0.2, 0.25) is 5.91 Å². The zero-order chi connectivity index (χ0) is 29.9. The number of hydrogen-bond acceptors (Lipinski definition) is 8. The van der Waals surface area contributed by atoms with Crippen LogP contribution < -0.4 is 21.3 Å². The van der Waals surface area contributed by atoms with Gasteiger partial charge in [-0.2, -0.15) is 10.4 Å². The predicted octanol–water partition coefficient (Wildman–Crippen LogP) is 3.38. The van der Waals surface area contributed by atoms with E-state index in [1.54, 1.807) is 16.8 Å². The average molecular weight is 585 g/mol. The molecule has 0 saturated heterocycles. The number of nitriles is 1. The first-order valence-electron chi connectivity index (χ1n) is 15.0. The Kier molecular flexibility index (Phi) is 8.13. The summed E-state index contributed by atoms with van der Waals surface area (Å²) in [6.07, 6.45) is 9.64. The van der Waals surface area contributed by atoms with Crippen LogP contribution in [-0.4, -0.2) is 64.3 Å². The van der Waals surface area contributed by atoms with E-state index in [1.165, 1.54) is 13.3 Å². The maximum Gasteiger partial charge on any atom is 0.406 e. The molecule has 0 aromatic carbocycles. The molecular weight excluding hydrogens is 548 g/mol. The number of fused-ring (bicyclic) bond motifs is 1. The van der Waals surface area contributed by atoms with E-state index in [0.717, 1.165) is 62.6 Å². The van der Waals surface area contributed by atoms with Gasteiger partial charge in [0, 0.05) is 36.8 Å². The van der Waals surface area contributed by atoms with Crippen molar-refractivity contribution in [3.05, 3.63) is 47.8 Å². The van der Waals surface area contributed by atoms with Gasteiger partial charge in [-0.3, -0.25) is 14.6 Å². The van der Waals surface area contributed by atoms with Crippen molar-refractivity contribution in [3.8, 4) is 17.5 Å². The van der Waals surface area contributed by atoms with Gasteiger partial charge in [0.25, 0.3) is 5.91 Å². The van der Waals surface area contributed by atoms with E-state index in [0.29, 0.717) is 35.0 Å². The summed E-state index contributed by atoms with van der Waals surface area (Å²) in [6.45, 7) is 0.538. The quantitative estimate of drug-likeness (QED) is 0.298. The van der Waals surface area contributed by atoms with Gasteiger partial charge in [-0.25, -0.2) is 9.31 Å². The highest BCUT2D eigenvalue weighted by Gasteiger charge is 2.33. The Hall–Kier alpha value is -4.66. The molecule has 43 heavy (non-hydrogen) atoms. The second-order valence-electron chi connectivity index (χ2n) is 11.9. The van der Waals surface area contributed by atoms with E-state index in [2.05, 4.69) is 42.2 Å². The van der Waals surface area contributed by atoms with Crippen LogP contribution >= 0.6 is 0 Å². The van der Waals surface area contributed by atoms with Gasteiger partial charge in [0.1, 0.15) is 6.07 Å². The van der Waals surface area contributed by atoms with Crippen molar-refractivity contribution in [2.45, 2.75) is 69.5 Å². The van der Waals surface area contributed by atoms with E-state index < -0.39 is 6.09 Å². The lowest BCUT2D eigenvalue weighted by Crippen LogP contribution is -2.44. The molecule has 3 aromatic rings. The Labute approximate surface area is 249 Å². The molecule has 0 spiro atoms. The number of ether oxygens (including phenoxy) is 1. The molecule has 224 valence electrons. The summed E-state index contributed by atoms with van der Waals surface area (Å²) in [4.78, 5) is 41.8. The van der Waals surface area contributed by atoms with Crippen LogP contribution in [-0.2, 0) is 9.53 Å². The molecule has 3 saturated carbocycles. The minimum atomic E-state index is -0.441. The van der Waals surface area contributed by atoms with Crippen molar-refractivity contribution in [2.24, 2.45) is 11.8 Å². The van der Waals surface area contributed by atoms with Crippen LogP contribution in [0.5, 0.6) is 0 Å². The zero-order valence-electron chi connectivity index (χ0n) is 24.1. The number of carbonyl (C=O) groups is 3. The van der Waals surface area contributed by atoms with Gasteiger partial charge < -0.3 is 26.0 Å². The van der Waals surface area contributed by atoms with Crippen molar-refractivity contribution < 1.29 is 19.1 Å². The van der Waals surface area contributed by atoms with Crippen molar-refractivity contribution in [3.63, 3.8) is 0 Å². The first-order valence-corrected chi connectivity index (χ1v) is 15.0. The summed E-state index contributed by atoms with van der Waals surface area (Å²) in [5, 5.41) is 26.3. The third-order valence-corrected chi connectivity index (χ3v) is 8.71. The number of alkyl carbamates (subject to hydrolysis) is 1.